The summed E-state index contributed by atoms with van der Waals surface area (Å²) in [4.78, 5) is 1.52. The minimum absolute atomic E-state index is 0.461. The van der Waals surface area contributed by atoms with Crippen LogP contribution in [-0.2, 0) is 0 Å². The normalized spacial score (nSPS) is 27.9. The van der Waals surface area contributed by atoms with Crippen LogP contribution >= 0.6 is 11.3 Å². The third-order valence-electron chi connectivity index (χ3n) is 5.17. The molecule has 4 unspecified atom stereocenters. The van der Waals surface area contributed by atoms with Crippen LogP contribution in [0.4, 0.5) is 0 Å². The molecule has 1 aliphatic carbocycles. The van der Waals surface area contributed by atoms with Gasteiger partial charge in [-0.1, -0.05) is 32.0 Å². The lowest BCUT2D eigenvalue weighted by atomic mass is 9.79. The lowest BCUT2D eigenvalue weighted by Gasteiger charge is -2.35. The number of hydrogen-bond donors (Lipinski definition) is 1. The minimum Gasteiger partial charge on any atom is -0.306 e. The first-order valence-corrected chi connectivity index (χ1v) is 9.12. The lowest BCUT2D eigenvalue weighted by molar-refractivity contribution is 0.217. The van der Waals surface area contributed by atoms with Crippen LogP contribution in [0.5, 0.6) is 0 Å². The van der Waals surface area contributed by atoms with Crippen molar-refractivity contribution in [3.63, 3.8) is 0 Å². The van der Waals surface area contributed by atoms with Crippen molar-refractivity contribution < 1.29 is 0 Å². The average Bonchev–Trinajstić information content (AvgIpc) is 2.80. The van der Waals surface area contributed by atoms with Crippen molar-refractivity contribution in [1.29, 1.82) is 0 Å². The van der Waals surface area contributed by atoms with E-state index < -0.39 is 0 Å². The number of hydrogen-bond acceptors (Lipinski definition) is 2. The molecule has 0 amide bonds. The van der Waals surface area contributed by atoms with Crippen LogP contribution < -0.4 is 5.32 Å². The molecule has 3 rings (SSSR count). The molecule has 4 atom stereocenters. The van der Waals surface area contributed by atoms with Gasteiger partial charge in [0.2, 0.25) is 0 Å². The highest BCUT2D eigenvalue weighted by atomic mass is 32.1. The molecule has 1 aliphatic rings. The highest BCUT2D eigenvalue weighted by Crippen LogP contribution is 2.36. The van der Waals surface area contributed by atoms with E-state index in [4.69, 9.17) is 0 Å². The topological polar surface area (TPSA) is 12.0 Å². The molecule has 2 heteroatoms. The molecule has 0 aliphatic heterocycles. The minimum atomic E-state index is 0.461. The van der Waals surface area contributed by atoms with E-state index in [1.165, 1.54) is 39.8 Å². The van der Waals surface area contributed by atoms with Crippen molar-refractivity contribution >= 4 is 21.4 Å². The number of thiophene rings is 1. The van der Waals surface area contributed by atoms with Crippen molar-refractivity contribution in [2.75, 3.05) is 0 Å². The monoisotopic (exact) mass is 301 g/mol. The highest BCUT2D eigenvalue weighted by Gasteiger charge is 2.27. The Bertz CT molecular complexity index is 615. The van der Waals surface area contributed by atoms with Gasteiger partial charge in [0.15, 0.2) is 0 Å². The smallest absolute Gasteiger partial charge is 0.0391 e. The van der Waals surface area contributed by atoms with E-state index in [1.54, 1.807) is 0 Å². The van der Waals surface area contributed by atoms with Gasteiger partial charge in [-0.25, -0.2) is 0 Å². The molecule has 1 saturated carbocycles. The predicted molar refractivity (Wildman–Crippen MR) is 94.1 cm³/mol. The molecule has 0 bridgehead atoms. The maximum absolute atomic E-state index is 3.92. The molecule has 1 aromatic carbocycles. The second kappa shape index (κ2) is 6.10. The first-order valence-electron chi connectivity index (χ1n) is 8.30. The second-order valence-electron chi connectivity index (χ2n) is 6.98. The van der Waals surface area contributed by atoms with Gasteiger partial charge < -0.3 is 5.32 Å². The molecular weight excluding hydrogens is 274 g/mol. The standard InChI is InChI=1S/C19H27NS/c1-12-9-10-17(13(2)11-12)20-15(4)19-14(3)16-7-5-6-8-18(16)21-19/h5-8,12-13,15,17,20H,9-11H2,1-4H3. The molecule has 1 nitrogen and oxygen atoms in total. The van der Waals surface area contributed by atoms with Crippen LogP contribution in [-0.4, -0.2) is 6.04 Å². The first-order chi connectivity index (χ1) is 10.1. The van der Waals surface area contributed by atoms with Gasteiger partial charge in [-0.3, -0.25) is 0 Å². The fraction of sp³-hybridized carbons (Fsp3) is 0.579. The fourth-order valence-electron chi connectivity index (χ4n) is 3.92. The molecule has 1 heterocycles. The SMILES string of the molecule is Cc1c(C(C)NC2CCC(C)CC2C)sc2ccccc12. The highest BCUT2D eigenvalue weighted by molar-refractivity contribution is 7.19. The molecule has 0 radical (unpaired) electrons. The van der Waals surface area contributed by atoms with Crippen molar-refractivity contribution in [3.05, 3.63) is 34.7 Å². The van der Waals surface area contributed by atoms with Crippen LogP contribution in [0.1, 0.15) is 56.5 Å². The summed E-state index contributed by atoms with van der Waals surface area (Å²) in [5.41, 5.74) is 1.47. The third kappa shape index (κ3) is 3.02. The molecular formula is C19H27NS. The van der Waals surface area contributed by atoms with E-state index in [0.29, 0.717) is 12.1 Å². The van der Waals surface area contributed by atoms with E-state index in [9.17, 15) is 0 Å². The van der Waals surface area contributed by atoms with Gasteiger partial charge in [0, 0.05) is 21.7 Å². The zero-order valence-corrected chi connectivity index (χ0v) is 14.5. The van der Waals surface area contributed by atoms with Gasteiger partial charge in [0.05, 0.1) is 0 Å². The van der Waals surface area contributed by atoms with Gasteiger partial charge in [-0.2, -0.15) is 0 Å². The number of benzene rings is 1. The zero-order chi connectivity index (χ0) is 15.0. The Kier molecular flexibility index (Phi) is 4.37. The molecule has 1 N–H and O–H groups in total. The van der Waals surface area contributed by atoms with Gasteiger partial charge >= 0.3 is 0 Å². The Hall–Kier alpha value is -0.860. The van der Waals surface area contributed by atoms with E-state index >= 15 is 0 Å². The van der Waals surface area contributed by atoms with E-state index in [1.807, 2.05) is 11.3 Å². The molecule has 1 fully saturated rings. The Balaban J connectivity index is 1.78. The summed E-state index contributed by atoms with van der Waals surface area (Å²) in [6.45, 7) is 9.42. The van der Waals surface area contributed by atoms with E-state index in [-0.39, 0.29) is 0 Å². The van der Waals surface area contributed by atoms with Crippen molar-refractivity contribution in [1.82, 2.24) is 5.32 Å². The van der Waals surface area contributed by atoms with Gasteiger partial charge in [-0.15, -0.1) is 11.3 Å². The maximum Gasteiger partial charge on any atom is 0.0391 e. The molecule has 2 aromatic rings. The van der Waals surface area contributed by atoms with E-state index in [0.717, 1.165) is 11.8 Å². The average molecular weight is 301 g/mol. The quantitative estimate of drug-likeness (QED) is 0.768. The Morgan fingerprint density at radius 3 is 2.67 bits per heavy atom. The largest absolute Gasteiger partial charge is 0.306 e. The Morgan fingerprint density at radius 1 is 1.19 bits per heavy atom. The molecule has 0 saturated heterocycles. The maximum atomic E-state index is 3.92. The summed E-state index contributed by atoms with van der Waals surface area (Å²) >= 11 is 1.96. The van der Waals surface area contributed by atoms with E-state index in [2.05, 4.69) is 57.3 Å². The van der Waals surface area contributed by atoms with Gasteiger partial charge in [-0.05, 0) is 62.0 Å². The Morgan fingerprint density at radius 2 is 1.95 bits per heavy atom. The lowest BCUT2D eigenvalue weighted by Crippen LogP contribution is -2.40. The van der Waals surface area contributed by atoms with Crippen LogP contribution in [0.3, 0.4) is 0 Å². The number of rotatable bonds is 3. The van der Waals surface area contributed by atoms with Crippen LogP contribution in [0, 0.1) is 18.8 Å². The van der Waals surface area contributed by atoms with Crippen molar-refractivity contribution in [3.8, 4) is 0 Å². The summed E-state index contributed by atoms with van der Waals surface area (Å²) in [5, 5.41) is 5.34. The van der Waals surface area contributed by atoms with Crippen LogP contribution in [0.25, 0.3) is 10.1 Å². The summed E-state index contributed by atoms with van der Waals surface area (Å²) in [6.07, 6.45) is 4.08. The molecule has 1 aromatic heterocycles. The van der Waals surface area contributed by atoms with Gasteiger partial charge in [0.25, 0.3) is 0 Å². The summed E-state index contributed by atoms with van der Waals surface area (Å²) < 4.78 is 1.42. The summed E-state index contributed by atoms with van der Waals surface area (Å²) in [6, 6.07) is 9.93. The summed E-state index contributed by atoms with van der Waals surface area (Å²) in [7, 11) is 0. The predicted octanol–water partition coefficient (Wildman–Crippen LogP) is 5.69. The third-order valence-corrected chi connectivity index (χ3v) is 6.63. The van der Waals surface area contributed by atoms with Crippen LogP contribution in [0.15, 0.2) is 24.3 Å². The second-order valence-corrected chi connectivity index (χ2v) is 8.06. The zero-order valence-electron chi connectivity index (χ0n) is 13.6. The molecule has 114 valence electrons. The summed E-state index contributed by atoms with van der Waals surface area (Å²) in [5.74, 6) is 1.70. The number of nitrogens with one attached hydrogen (secondary N) is 1. The van der Waals surface area contributed by atoms with Crippen molar-refractivity contribution in [2.45, 2.75) is 59.0 Å². The first kappa shape index (κ1) is 15.1. The molecule has 0 spiro atoms. The van der Waals surface area contributed by atoms with Crippen molar-refractivity contribution in [2.24, 2.45) is 11.8 Å². The fourth-order valence-corrected chi connectivity index (χ4v) is 5.14. The van der Waals surface area contributed by atoms with Crippen LogP contribution in [0.2, 0.25) is 0 Å². The number of aryl methyl sites for hydroxylation is 1. The Labute approximate surface area is 132 Å². The molecule has 21 heavy (non-hydrogen) atoms. The number of fused-ring (bicyclic) bond motifs is 1. The van der Waals surface area contributed by atoms with Gasteiger partial charge in [0.1, 0.15) is 0 Å².